The number of aliphatic hydroxyl groups excluding tert-OH is 1. The van der Waals surface area contributed by atoms with Gasteiger partial charge in [-0.1, -0.05) is 26.7 Å². The zero-order valence-electron chi connectivity index (χ0n) is 11.5. The molecule has 0 bridgehead atoms. The molecule has 1 heterocycles. The van der Waals surface area contributed by atoms with Gasteiger partial charge in [0.05, 0.1) is 12.1 Å². The smallest absolute Gasteiger partial charge is 0.132 e. The molecule has 18 heavy (non-hydrogen) atoms. The first-order chi connectivity index (χ1) is 8.59. The minimum Gasteiger partial charge on any atom is -0.391 e. The Bertz CT molecular complexity index is 394. The van der Waals surface area contributed by atoms with Crippen LogP contribution < -0.4 is 4.90 Å². The van der Waals surface area contributed by atoms with E-state index in [4.69, 9.17) is 0 Å². The van der Waals surface area contributed by atoms with Crippen molar-refractivity contribution in [2.75, 3.05) is 11.9 Å². The van der Waals surface area contributed by atoms with Crippen LogP contribution in [0.5, 0.6) is 0 Å². The van der Waals surface area contributed by atoms with Gasteiger partial charge in [-0.25, -0.2) is 9.97 Å². The summed E-state index contributed by atoms with van der Waals surface area (Å²) in [6, 6.07) is 2.22. The predicted molar refractivity (Wildman–Crippen MR) is 72.8 cm³/mol. The van der Waals surface area contributed by atoms with Crippen molar-refractivity contribution >= 4 is 5.82 Å². The maximum absolute atomic E-state index is 10.1. The Balaban J connectivity index is 2.16. The van der Waals surface area contributed by atoms with E-state index in [9.17, 15) is 5.11 Å². The lowest BCUT2D eigenvalue weighted by molar-refractivity contribution is 0.106. The van der Waals surface area contributed by atoms with Gasteiger partial charge in [-0.3, -0.25) is 0 Å². The SMILES string of the molecule is CC(C)c1cc(N(C)C2CCCCC2O)ncn1. The summed E-state index contributed by atoms with van der Waals surface area (Å²) >= 11 is 0. The van der Waals surface area contributed by atoms with E-state index in [-0.39, 0.29) is 12.1 Å². The van der Waals surface area contributed by atoms with Gasteiger partial charge < -0.3 is 10.0 Å². The summed E-state index contributed by atoms with van der Waals surface area (Å²) in [4.78, 5) is 10.7. The van der Waals surface area contributed by atoms with Gasteiger partial charge >= 0.3 is 0 Å². The summed E-state index contributed by atoms with van der Waals surface area (Å²) in [5.41, 5.74) is 1.05. The Morgan fingerprint density at radius 3 is 2.67 bits per heavy atom. The molecule has 0 radical (unpaired) electrons. The molecule has 1 aromatic rings. The molecule has 0 aliphatic heterocycles. The van der Waals surface area contributed by atoms with Crippen LogP contribution in [0.3, 0.4) is 0 Å². The summed E-state index contributed by atoms with van der Waals surface area (Å²) in [5, 5.41) is 10.1. The van der Waals surface area contributed by atoms with Crippen molar-refractivity contribution in [3.05, 3.63) is 18.1 Å². The van der Waals surface area contributed by atoms with Crippen LogP contribution >= 0.6 is 0 Å². The second-order valence-corrected chi connectivity index (χ2v) is 5.49. The van der Waals surface area contributed by atoms with Crippen molar-refractivity contribution in [2.24, 2.45) is 0 Å². The van der Waals surface area contributed by atoms with Crippen LogP contribution in [0.2, 0.25) is 0 Å². The van der Waals surface area contributed by atoms with Crippen LogP contribution in [-0.4, -0.2) is 34.3 Å². The minimum absolute atomic E-state index is 0.189. The van der Waals surface area contributed by atoms with Crippen molar-refractivity contribution in [1.29, 1.82) is 0 Å². The summed E-state index contributed by atoms with van der Waals surface area (Å²) in [5.74, 6) is 1.32. The van der Waals surface area contributed by atoms with E-state index in [1.807, 2.05) is 13.1 Å². The molecule has 1 aromatic heterocycles. The first-order valence-electron chi connectivity index (χ1n) is 6.82. The first kappa shape index (κ1) is 13.3. The number of anilines is 1. The number of likely N-dealkylation sites (N-methyl/N-ethyl adjacent to an activating group) is 1. The number of rotatable bonds is 3. The molecule has 4 nitrogen and oxygen atoms in total. The molecule has 0 amide bonds. The number of nitrogens with zero attached hydrogens (tertiary/aromatic N) is 3. The molecule has 1 aliphatic rings. The Morgan fingerprint density at radius 1 is 1.28 bits per heavy atom. The van der Waals surface area contributed by atoms with Crippen LogP contribution in [0.15, 0.2) is 12.4 Å². The summed E-state index contributed by atoms with van der Waals surface area (Å²) in [6.07, 6.45) is 5.65. The van der Waals surface area contributed by atoms with Gasteiger partial charge in [0.25, 0.3) is 0 Å². The van der Waals surface area contributed by atoms with E-state index in [0.29, 0.717) is 5.92 Å². The highest BCUT2D eigenvalue weighted by atomic mass is 16.3. The summed E-state index contributed by atoms with van der Waals surface area (Å²) in [6.45, 7) is 4.25. The molecule has 1 saturated carbocycles. The second kappa shape index (κ2) is 5.65. The largest absolute Gasteiger partial charge is 0.391 e. The zero-order chi connectivity index (χ0) is 13.1. The number of hydrogen-bond donors (Lipinski definition) is 1. The molecule has 0 saturated heterocycles. The predicted octanol–water partition coefficient (Wildman–Crippen LogP) is 2.34. The van der Waals surface area contributed by atoms with E-state index in [2.05, 4.69) is 28.7 Å². The fourth-order valence-electron chi connectivity index (χ4n) is 2.58. The van der Waals surface area contributed by atoms with Gasteiger partial charge in [0.2, 0.25) is 0 Å². The molecule has 2 atom stereocenters. The van der Waals surface area contributed by atoms with Crippen LogP contribution in [0.25, 0.3) is 0 Å². The van der Waals surface area contributed by atoms with Gasteiger partial charge in [0, 0.05) is 18.8 Å². The normalized spacial score (nSPS) is 24.3. The molecule has 1 N–H and O–H groups in total. The van der Waals surface area contributed by atoms with E-state index < -0.39 is 0 Å². The average molecular weight is 249 g/mol. The zero-order valence-corrected chi connectivity index (χ0v) is 11.5. The molecule has 1 fully saturated rings. The Labute approximate surface area is 109 Å². The lowest BCUT2D eigenvalue weighted by atomic mass is 9.91. The van der Waals surface area contributed by atoms with Crippen molar-refractivity contribution in [3.8, 4) is 0 Å². The number of aromatic nitrogens is 2. The fraction of sp³-hybridized carbons (Fsp3) is 0.714. The lowest BCUT2D eigenvalue weighted by Gasteiger charge is -2.36. The third kappa shape index (κ3) is 2.80. The highest BCUT2D eigenvalue weighted by Crippen LogP contribution is 2.26. The molecule has 1 aliphatic carbocycles. The third-order valence-electron chi connectivity index (χ3n) is 3.82. The minimum atomic E-state index is -0.235. The average Bonchev–Trinajstić information content (AvgIpc) is 2.38. The van der Waals surface area contributed by atoms with Crippen molar-refractivity contribution in [3.63, 3.8) is 0 Å². The van der Waals surface area contributed by atoms with Crippen LogP contribution in [0.4, 0.5) is 5.82 Å². The first-order valence-corrected chi connectivity index (χ1v) is 6.82. The Morgan fingerprint density at radius 2 is 2.00 bits per heavy atom. The molecule has 2 unspecified atom stereocenters. The van der Waals surface area contributed by atoms with Gasteiger partial charge in [-0.15, -0.1) is 0 Å². The van der Waals surface area contributed by atoms with E-state index in [0.717, 1.165) is 30.8 Å². The van der Waals surface area contributed by atoms with Crippen LogP contribution in [0.1, 0.15) is 51.1 Å². The van der Waals surface area contributed by atoms with Crippen LogP contribution in [0, 0.1) is 0 Å². The lowest BCUT2D eigenvalue weighted by Crippen LogP contribution is -2.43. The molecular weight excluding hydrogens is 226 g/mol. The summed E-state index contributed by atoms with van der Waals surface area (Å²) in [7, 11) is 2.02. The molecule has 0 spiro atoms. The standard InChI is InChI=1S/C14H23N3O/c1-10(2)11-8-14(16-9-15-11)17(3)12-6-4-5-7-13(12)18/h8-10,12-13,18H,4-7H2,1-3H3. The van der Waals surface area contributed by atoms with Crippen molar-refractivity contribution in [2.45, 2.75) is 57.6 Å². The third-order valence-corrected chi connectivity index (χ3v) is 3.82. The van der Waals surface area contributed by atoms with E-state index in [1.54, 1.807) is 6.33 Å². The molecular formula is C14H23N3O. The monoisotopic (exact) mass is 249 g/mol. The highest BCUT2D eigenvalue weighted by Gasteiger charge is 2.27. The van der Waals surface area contributed by atoms with Crippen molar-refractivity contribution < 1.29 is 5.11 Å². The van der Waals surface area contributed by atoms with Gasteiger partial charge in [-0.05, 0) is 18.8 Å². The van der Waals surface area contributed by atoms with E-state index in [1.165, 1.54) is 6.42 Å². The molecule has 100 valence electrons. The quantitative estimate of drug-likeness (QED) is 0.893. The molecule has 2 rings (SSSR count). The maximum Gasteiger partial charge on any atom is 0.132 e. The fourth-order valence-corrected chi connectivity index (χ4v) is 2.58. The maximum atomic E-state index is 10.1. The number of hydrogen-bond acceptors (Lipinski definition) is 4. The van der Waals surface area contributed by atoms with Gasteiger partial charge in [0.1, 0.15) is 12.1 Å². The second-order valence-electron chi connectivity index (χ2n) is 5.49. The van der Waals surface area contributed by atoms with Gasteiger partial charge in [0.15, 0.2) is 0 Å². The number of aliphatic hydroxyl groups is 1. The highest BCUT2D eigenvalue weighted by molar-refractivity contribution is 5.40. The van der Waals surface area contributed by atoms with E-state index >= 15 is 0 Å². The molecule has 4 heteroatoms. The Hall–Kier alpha value is -1.16. The van der Waals surface area contributed by atoms with Gasteiger partial charge in [-0.2, -0.15) is 0 Å². The Kier molecular flexibility index (Phi) is 4.17. The summed E-state index contributed by atoms with van der Waals surface area (Å²) < 4.78 is 0. The van der Waals surface area contributed by atoms with Crippen molar-refractivity contribution in [1.82, 2.24) is 9.97 Å². The topological polar surface area (TPSA) is 49.2 Å². The van der Waals surface area contributed by atoms with Crippen LogP contribution in [-0.2, 0) is 0 Å². The molecule has 0 aromatic carbocycles.